The molecule has 0 unspecified atom stereocenters. The second-order valence-corrected chi connectivity index (χ2v) is 7.01. The van der Waals surface area contributed by atoms with Gasteiger partial charge >= 0.3 is 0 Å². The minimum Gasteiger partial charge on any atom is -0.363 e. The van der Waals surface area contributed by atoms with Crippen molar-refractivity contribution in [1.82, 2.24) is 24.9 Å². The molecule has 27 heavy (non-hydrogen) atoms. The Morgan fingerprint density at radius 2 is 2.00 bits per heavy atom. The zero-order chi connectivity index (χ0) is 19.6. The van der Waals surface area contributed by atoms with Crippen LogP contribution >= 0.6 is 0 Å². The van der Waals surface area contributed by atoms with Gasteiger partial charge in [0, 0.05) is 50.7 Å². The van der Waals surface area contributed by atoms with Gasteiger partial charge in [0.05, 0.1) is 5.69 Å². The molecular weight excluding hydrogens is 340 g/mol. The van der Waals surface area contributed by atoms with E-state index in [-0.39, 0.29) is 5.91 Å². The number of hydrogen-bond donors (Lipinski definition) is 1. The second kappa shape index (κ2) is 7.73. The normalized spacial score (nSPS) is 11.0. The Morgan fingerprint density at radius 3 is 2.74 bits per heavy atom. The average molecular weight is 366 g/mol. The van der Waals surface area contributed by atoms with Gasteiger partial charge in [-0.05, 0) is 50.5 Å². The molecule has 7 nitrogen and oxygen atoms in total. The largest absolute Gasteiger partial charge is 0.363 e. The van der Waals surface area contributed by atoms with Crippen molar-refractivity contribution in [3.8, 4) is 0 Å². The third-order valence-electron chi connectivity index (χ3n) is 4.65. The maximum absolute atomic E-state index is 12.3. The van der Waals surface area contributed by atoms with E-state index in [0.29, 0.717) is 19.4 Å². The van der Waals surface area contributed by atoms with Gasteiger partial charge in [-0.1, -0.05) is 0 Å². The highest BCUT2D eigenvalue weighted by molar-refractivity contribution is 5.76. The van der Waals surface area contributed by atoms with Crippen LogP contribution in [-0.4, -0.2) is 39.6 Å². The lowest BCUT2D eigenvalue weighted by Gasteiger charge is -2.13. The van der Waals surface area contributed by atoms with Gasteiger partial charge in [-0.3, -0.25) is 4.79 Å². The summed E-state index contributed by atoms with van der Waals surface area (Å²) >= 11 is 0. The van der Waals surface area contributed by atoms with Gasteiger partial charge < -0.3 is 10.2 Å². The number of hydrogen-bond acceptors (Lipinski definition) is 5. The predicted octanol–water partition coefficient (Wildman–Crippen LogP) is 2.36. The van der Waals surface area contributed by atoms with E-state index in [1.54, 1.807) is 6.20 Å². The number of carbonyl (C=O) groups excluding carboxylic acids is 1. The molecule has 0 atom stereocenters. The van der Waals surface area contributed by atoms with Crippen LogP contribution in [0.1, 0.15) is 34.6 Å². The molecular formula is C20H26N6O. The van der Waals surface area contributed by atoms with Crippen LogP contribution in [0.5, 0.6) is 0 Å². The molecule has 0 saturated heterocycles. The first-order valence-corrected chi connectivity index (χ1v) is 9.06. The Kier molecular flexibility index (Phi) is 5.39. The Morgan fingerprint density at radius 1 is 1.22 bits per heavy atom. The van der Waals surface area contributed by atoms with Crippen LogP contribution in [0.15, 0.2) is 24.4 Å². The van der Waals surface area contributed by atoms with Gasteiger partial charge in [0.15, 0.2) is 5.65 Å². The Hall–Kier alpha value is -2.96. The molecule has 7 heteroatoms. The Labute approximate surface area is 159 Å². The summed E-state index contributed by atoms with van der Waals surface area (Å²) in [6, 6.07) is 5.86. The van der Waals surface area contributed by atoms with Crippen molar-refractivity contribution < 1.29 is 4.79 Å². The summed E-state index contributed by atoms with van der Waals surface area (Å²) in [5.41, 5.74) is 5.91. The maximum atomic E-state index is 12.3. The first kappa shape index (κ1) is 18.8. The molecule has 0 saturated carbocycles. The maximum Gasteiger partial charge on any atom is 0.220 e. The zero-order valence-corrected chi connectivity index (χ0v) is 16.6. The smallest absolute Gasteiger partial charge is 0.220 e. The van der Waals surface area contributed by atoms with E-state index in [4.69, 9.17) is 0 Å². The minimum absolute atomic E-state index is 0.0220. The molecule has 0 aliphatic heterocycles. The molecule has 1 amide bonds. The van der Waals surface area contributed by atoms with Gasteiger partial charge in [-0.25, -0.2) is 14.5 Å². The SMILES string of the molecule is Cc1cc2nc(C)c(CCC(=O)NCc3ccnc(N(C)C)c3)c(C)n2n1. The number of fused-ring (bicyclic) bond motifs is 1. The number of carbonyl (C=O) groups is 1. The first-order valence-electron chi connectivity index (χ1n) is 9.06. The van der Waals surface area contributed by atoms with Gasteiger partial charge in [0.25, 0.3) is 0 Å². The van der Waals surface area contributed by atoms with Gasteiger partial charge in [0.2, 0.25) is 5.91 Å². The monoisotopic (exact) mass is 366 g/mol. The van der Waals surface area contributed by atoms with Crippen molar-refractivity contribution in [1.29, 1.82) is 0 Å². The van der Waals surface area contributed by atoms with Crippen molar-refractivity contribution in [3.05, 3.63) is 52.6 Å². The molecule has 0 fully saturated rings. The fourth-order valence-corrected chi connectivity index (χ4v) is 3.15. The topological polar surface area (TPSA) is 75.4 Å². The number of amides is 1. The molecule has 0 aliphatic rings. The van der Waals surface area contributed by atoms with Crippen molar-refractivity contribution in [2.45, 2.75) is 40.2 Å². The first-order chi connectivity index (χ1) is 12.8. The summed E-state index contributed by atoms with van der Waals surface area (Å²) in [5, 5.41) is 7.47. The van der Waals surface area contributed by atoms with Crippen molar-refractivity contribution in [2.75, 3.05) is 19.0 Å². The summed E-state index contributed by atoms with van der Waals surface area (Å²) in [6.07, 6.45) is 2.82. The van der Waals surface area contributed by atoms with Crippen LogP contribution in [-0.2, 0) is 17.8 Å². The second-order valence-electron chi connectivity index (χ2n) is 7.01. The van der Waals surface area contributed by atoms with Gasteiger partial charge in [-0.15, -0.1) is 0 Å². The lowest BCUT2D eigenvalue weighted by Crippen LogP contribution is -2.23. The molecule has 3 aromatic heterocycles. The van der Waals surface area contributed by atoms with Crippen molar-refractivity contribution in [2.24, 2.45) is 0 Å². The van der Waals surface area contributed by atoms with E-state index in [2.05, 4.69) is 20.4 Å². The Balaban J connectivity index is 1.62. The Bertz CT molecular complexity index is 976. The number of aromatic nitrogens is 4. The third-order valence-corrected chi connectivity index (χ3v) is 4.65. The molecule has 0 aliphatic carbocycles. The number of aryl methyl sites for hydroxylation is 3. The minimum atomic E-state index is 0.0220. The summed E-state index contributed by atoms with van der Waals surface area (Å²) in [6.45, 7) is 6.47. The highest BCUT2D eigenvalue weighted by atomic mass is 16.1. The molecule has 0 bridgehead atoms. The molecule has 3 aromatic rings. The highest BCUT2D eigenvalue weighted by Gasteiger charge is 2.13. The van der Waals surface area contributed by atoms with Crippen LogP contribution < -0.4 is 10.2 Å². The number of rotatable bonds is 6. The molecule has 0 spiro atoms. The lowest BCUT2D eigenvalue weighted by molar-refractivity contribution is -0.121. The molecule has 3 rings (SSSR count). The van der Waals surface area contributed by atoms with Crippen LogP contribution in [0.3, 0.4) is 0 Å². The van der Waals surface area contributed by atoms with E-state index in [0.717, 1.165) is 39.7 Å². The van der Waals surface area contributed by atoms with Crippen LogP contribution in [0, 0.1) is 20.8 Å². The van der Waals surface area contributed by atoms with E-state index in [1.165, 1.54) is 0 Å². The highest BCUT2D eigenvalue weighted by Crippen LogP contribution is 2.17. The molecule has 1 N–H and O–H groups in total. The van der Waals surface area contributed by atoms with Gasteiger partial charge in [0.1, 0.15) is 5.82 Å². The molecule has 0 aromatic carbocycles. The number of anilines is 1. The fourth-order valence-electron chi connectivity index (χ4n) is 3.15. The summed E-state index contributed by atoms with van der Waals surface area (Å²) < 4.78 is 1.86. The van der Waals surface area contributed by atoms with Crippen molar-refractivity contribution in [3.63, 3.8) is 0 Å². The van der Waals surface area contributed by atoms with Crippen LogP contribution in [0.25, 0.3) is 5.65 Å². The summed E-state index contributed by atoms with van der Waals surface area (Å²) in [5.74, 6) is 0.899. The average Bonchev–Trinajstić information content (AvgIpc) is 3.00. The lowest BCUT2D eigenvalue weighted by atomic mass is 10.1. The van der Waals surface area contributed by atoms with E-state index in [9.17, 15) is 4.79 Å². The van der Waals surface area contributed by atoms with E-state index in [1.807, 2.05) is 62.5 Å². The summed E-state index contributed by atoms with van der Waals surface area (Å²) in [7, 11) is 3.89. The quantitative estimate of drug-likeness (QED) is 0.725. The van der Waals surface area contributed by atoms with E-state index < -0.39 is 0 Å². The molecule has 142 valence electrons. The summed E-state index contributed by atoms with van der Waals surface area (Å²) in [4.78, 5) is 23.2. The van der Waals surface area contributed by atoms with Gasteiger partial charge in [-0.2, -0.15) is 5.10 Å². The number of pyridine rings is 1. The predicted molar refractivity (Wildman–Crippen MR) is 106 cm³/mol. The fraction of sp³-hybridized carbons (Fsp3) is 0.400. The van der Waals surface area contributed by atoms with Crippen LogP contribution in [0.2, 0.25) is 0 Å². The molecule has 3 heterocycles. The number of nitrogens with one attached hydrogen (secondary N) is 1. The molecule has 0 radical (unpaired) electrons. The van der Waals surface area contributed by atoms with Crippen molar-refractivity contribution >= 4 is 17.4 Å². The number of nitrogens with zero attached hydrogens (tertiary/aromatic N) is 5. The van der Waals surface area contributed by atoms with Crippen LogP contribution in [0.4, 0.5) is 5.82 Å². The standard InChI is InChI=1S/C20H26N6O/c1-13-10-19-23-14(2)17(15(3)26(19)24-13)6-7-20(27)22-12-16-8-9-21-18(11-16)25(4)5/h8-11H,6-7,12H2,1-5H3,(H,22,27). The third kappa shape index (κ3) is 4.24. The zero-order valence-electron chi connectivity index (χ0n) is 16.6. The van der Waals surface area contributed by atoms with E-state index >= 15 is 0 Å².